The maximum absolute atomic E-state index is 11.9. The van der Waals surface area contributed by atoms with Gasteiger partial charge in [0.25, 0.3) is 0 Å². The van der Waals surface area contributed by atoms with Crippen LogP contribution in [0, 0.1) is 0 Å². The molecular weight excluding hydrogens is 348 g/mol. The van der Waals surface area contributed by atoms with E-state index in [1.807, 2.05) is 0 Å². The molecule has 0 fully saturated rings. The molecule has 2 amide bonds. The van der Waals surface area contributed by atoms with E-state index in [2.05, 4.69) is 10.6 Å². The number of amides is 2. The van der Waals surface area contributed by atoms with Crippen molar-refractivity contribution in [2.24, 2.45) is 0 Å². The maximum Gasteiger partial charge on any atom is 0.335 e. The number of carbonyl (C=O) groups excluding carboxylic acids is 2. The first-order chi connectivity index (χ1) is 12.9. The lowest BCUT2D eigenvalue weighted by molar-refractivity contribution is -0.121. The minimum atomic E-state index is -0.970. The van der Waals surface area contributed by atoms with Crippen LogP contribution in [0.2, 0.25) is 0 Å². The number of benzene rings is 2. The highest BCUT2D eigenvalue weighted by Crippen LogP contribution is 2.17. The van der Waals surface area contributed by atoms with E-state index in [0.29, 0.717) is 37.4 Å². The summed E-state index contributed by atoms with van der Waals surface area (Å²) in [6.07, 6.45) is 0.843. The third-order valence-corrected chi connectivity index (χ3v) is 3.69. The van der Waals surface area contributed by atoms with Crippen LogP contribution in [-0.2, 0) is 16.0 Å². The van der Waals surface area contributed by atoms with Crippen molar-refractivity contribution in [3.05, 3.63) is 59.7 Å². The van der Waals surface area contributed by atoms with Gasteiger partial charge in [-0.25, -0.2) is 4.79 Å². The van der Waals surface area contributed by atoms with E-state index >= 15 is 0 Å². The van der Waals surface area contributed by atoms with Crippen molar-refractivity contribution in [2.45, 2.75) is 19.8 Å². The Kier molecular flexibility index (Phi) is 7.37. The predicted molar refractivity (Wildman–Crippen MR) is 101 cm³/mol. The summed E-state index contributed by atoms with van der Waals surface area (Å²) in [7, 11) is 0. The molecule has 0 aliphatic heterocycles. The van der Waals surface area contributed by atoms with E-state index in [4.69, 9.17) is 9.84 Å². The average molecular weight is 370 g/mol. The molecule has 2 aromatic carbocycles. The van der Waals surface area contributed by atoms with Gasteiger partial charge in [0.2, 0.25) is 11.8 Å². The Morgan fingerprint density at radius 1 is 1.07 bits per heavy atom. The van der Waals surface area contributed by atoms with Gasteiger partial charge in [-0.3, -0.25) is 9.59 Å². The van der Waals surface area contributed by atoms with Gasteiger partial charge in [0.1, 0.15) is 12.4 Å². The van der Waals surface area contributed by atoms with Crippen LogP contribution in [0.15, 0.2) is 48.5 Å². The van der Waals surface area contributed by atoms with E-state index in [0.717, 1.165) is 5.56 Å². The number of hydrogen-bond donors (Lipinski definition) is 3. The normalized spacial score (nSPS) is 10.1. The number of aryl methyl sites for hydroxylation is 1. The fourth-order valence-corrected chi connectivity index (χ4v) is 2.39. The molecule has 0 aromatic heterocycles. The van der Waals surface area contributed by atoms with Crippen LogP contribution in [0.5, 0.6) is 5.75 Å². The lowest BCUT2D eigenvalue weighted by atomic mass is 10.1. The summed E-state index contributed by atoms with van der Waals surface area (Å²) in [4.78, 5) is 33.7. The van der Waals surface area contributed by atoms with E-state index in [1.165, 1.54) is 19.1 Å². The number of hydrogen-bond acceptors (Lipinski definition) is 4. The highest BCUT2D eigenvalue weighted by atomic mass is 16.5. The van der Waals surface area contributed by atoms with Crippen molar-refractivity contribution in [2.75, 3.05) is 18.5 Å². The van der Waals surface area contributed by atoms with E-state index < -0.39 is 5.97 Å². The Labute approximate surface area is 157 Å². The second kappa shape index (κ2) is 9.96. The molecule has 0 bridgehead atoms. The summed E-state index contributed by atoms with van der Waals surface area (Å²) in [5.41, 5.74) is 1.78. The smallest absolute Gasteiger partial charge is 0.335 e. The summed E-state index contributed by atoms with van der Waals surface area (Å²) in [6.45, 7) is 2.10. The van der Waals surface area contributed by atoms with Gasteiger partial charge >= 0.3 is 5.97 Å². The van der Waals surface area contributed by atoms with Crippen molar-refractivity contribution in [1.29, 1.82) is 0 Å². The van der Waals surface area contributed by atoms with Gasteiger partial charge in [0, 0.05) is 25.1 Å². The fourth-order valence-electron chi connectivity index (χ4n) is 2.39. The Morgan fingerprint density at radius 2 is 1.81 bits per heavy atom. The van der Waals surface area contributed by atoms with Crippen LogP contribution in [0.4, 0.5) is 5.69 Å². The largest absolute Gasteiger partial charge is 0.492 e. The van der Waals surface area contributed by atoms with Crippen molar-refractivity contribution in [1.82, 2.24) is 5.32 Å². The second-order valence-corrected chi connectivity index (χ2v) is 5.91. The number of carboxylic acids is 1. The Hall–Kier alpha value is -3.35. The molecule has 0 saturated heterocycles. The topological polar surface area (TPSA) is 105 Å². The Balaban J connectivity index is 1.67. The zero-order chi connectivity index (χ0) is 19.6. The molecule has 7 heteroatoms. The number of rotatable bonds is 9. The molecule has 0 spiro atoms. The van der Waals surface area contributed by atoms with Crippen LogP contribution in [0.25, 0.3) is 0 Å². The molecule has 0 aliphatic carbocycles. The molecular formula is C20H22N2O5. The molecule has 7 nitrogen and oxygen atoms in total. The van der Waals surface area contributed by atoms with Gasteiger partial charge < -0.3 is 20.5 Å². The lowest BCUT2D eigenvalue weighted by Crippen LogP contribution is -2.28. The van der Waals surface area contributed by atoms with Crippen LogP contribution in [-0.4, -0.2) is 36.0 Å². The van der Waals surface area contributed by atoms with Gasteiger partial charge in [0.05, 0.1) is 12.1 Å². The predicted octanol–water partition coefficient (Wildman–Crippen LogP) is 2.47. The van der Waals surface area contributed by atoms with E-state index in [1.54, 1.807) is 36.4 Å². The molecule has 2 rings (SSSR count). The zero-order valence-electron chi connectivity index (χ0n) is 15.0. The average Bonchev–Trinajstić information content (AvgIpc) is 2.63. The highest BCUT2D eigenvalue weighted by molar-refractivity contribution is 5.89. The first-order valence-corrected chi connectivity index (χ1v) is 8.53. The molecule has 0 unspecified atom stereocenters. The SMILES string of the molecule is CC(=O)Nc1cccc(OCCNC(=O)CCc2ccc(C(=O)O)cc2)c1. The molecule has 0 atom stereocenters. The quantitative estimate of drug-likeness (QED) is 0.588. The molecule has 0 radical (unpaired) electrons. The van der Waals surface area contributed by atoms with Gasteiger partial charge in [0.15, 0.2) is 0 Å². The molecule has 0 saturated carbocycles. The monoisotopic (exact) mass is 370 g/mol. The molecule has 0 aliphatic rings. The summed E-state index contributed by atoms with van der Waals surface area (Å²) in [5, 5.41) is 14.3. The summed E-state index contributed by atoms with van der Waals surface area (Å²) >= 11 is 0. The first-order valence-electron chi connectivity index (χ1n) is 8.53. The minimum absolute atomic E-state index is 0.104. The minimum Gasteiger partial charge on any atom is -0.492 e. The van der Waals surface area contributed by atoms with Crippen molar-refractivity contribution < 1.29 is 24.2 Å². The first kappa shape index (κ1) is 20.0. The van der Waals surface area contributed by atoms with Crippen molar-refractivity contribution in [3.63, 3.8) is 0 Å². The number of aromatic carboxylic acids is 1. The van der Waals surface area contributed by atoms with Crippen molar-refractivity contribution in [3.8, 4) is 5.75 Å². The zero-order valence-corrected chi connectivity index (χ0v) is 15.0. The van der Waals surface area contributed by atoms with E-state index in [-0.39, 0.29) is 17.4 Å². The third-order valence-electron chi connectivity index (χ3n) is 3.69. The summed E-state index contributed by atoms with van der Waals surface area (Å²) < 4.78 is 5.56. The second-order valence-electron chi connectivity index (χ2n) is 5.91. The van der Waals surface area contributed by atoms with Gasteiger partial charge in [-0.05, 0) is 36.2 Å². The number of carbonyl (C=O) groups is 3. The number of ether oxygens (including phenoxy) is 1. The lowest BCUT2D eigenvalue weighted by Gasteiger charge is -2.09. The van der Waals surface area contributed by atoms with Crippen LogP contribution in [0.3, 0.4) is 0 Å². The van der Waals surface area contributed by atoms with Gasteiger partial charge in [-0.1, -0.05) is 18.2 Å². The number of nitrogens with one attached hydrogen (secondary N) is 2. The van der Waals surface area contributed by atoms with Crippen molar-refractivity contribution >= 4 is 23.5 Å². The van der Waals surface area contributed by atoms with Crippen LogP contribution in [0.1, 0.15) is 29.3 Å². The summed E-state index contributed by atoms with van der Waals surface area (Å²) in [5.74, 6) is -0.624. The van der Waals surface area contributed by atoms with Crippen LogP contribution < -0.4 is 15.4 Å². The molecule has 0 heterocycles. The molecule has 27 heavy (non-hydrogen) atoms. The van der Waals surface area contributed by atoms with Crippen LogP contribution >= 0.6 is 0 Å². The Bertz CT molecular complexity index is 802. The van der Waals surface area contributed by atoms with E-state index in [9.17, 15) is 14.4 Å². The molecule has 142 valence electrons. The third kappa shape index (κ3) is 7.19. The maximum atomic E-state index is 11.9. The number of anilines is 1. The van der Waals surface area contributed by atoms with Gasteiger partial charge in [-0.2, -0.15) is 0 Å². The highest BCUT2D eigenvalue weighted by Gasteiger charge is 2.05. The van der Waals surface area contributed by atoms with Gasteiger partial charge in [-0.15, -0.1) is 0 Å². The molecule has 3 N–H and O–H groups in total. The molecule has 2 aromatic rings. The number of carboxylic acid groups (broad SMARTS) is 1. The summed E-state index contributed by atoms with van der Waals surface area (Å²) in [6, 6.07) is 13.5. The standard InChI is InChI=1S/C20H22N2O5/c1-14(23)22-17-3-2-4-18(13-17)27-12-11-21-19(24)10-7-15-5-8-16(9-6-15)20(25)26/h2-6,8-9,13H,7,10-12H2,1H3,(H,21,24)(H,22,23)(H,25,26). The fraction of sp³-hybridized carbons (Fsp3) is 0.250. The Morgan fingerprint density at radius 3 is 2.48 bits per heavy atom.